The van der Waals surface area contributed by atoms with Crippen LogP contribution in [0.4, 0.5) is 0 Å². The molecule has 0 fully saturated rings. The molecule has 5 heteroatoms. The van der Waals surface area contributed by atoms with Gasteiger partial charge in [-0.1, -0.05) is 6.07 Å². The van der Waals surface area contributed by atoms with Crippen LogP contribution in [0.3, 0.4) is 0 Å². The van der Waals surface area contributed by atoms with E-state index >= 15 is 0 Å². The molecule has 0 aliphatic rings. The summed E-state index contributed by atoms with van der Waals surface area (Å²) in [6, 6.07) is 5.49. The maximum atomic E-state index is 10.2. The van der Waals surface area contributed by atoms with E-state index in [-0.39, 0.29) is 6.08 Å². The molecule has 0 aliphatic carbocycles. The summed E-state index contributed by atoms with van der Waals surface area (Å²) in [5.41, 5.74) is 2.30. The van der Waals surface area contributed by atoms with E-state index in [1.165, 1.54) is 0 Å². The zero-order valence-corrected chi connectivity index (χ0v) is 8.06. The lowest BCUT2D eigenvalue weighted by molar-refractivity contribution is -0.139. The van der Waals surface area contributed by atoms with E-state index in [1.54, 1.807) is 6.07 Å². The SMILES string of the molecule is Cc1ccc2oc(OCC(=O)O)nc2c1. The van der Waals surface area contributed by atoms with Crippen molar-refractivity contribution in [3.05, 3.63) is 23.8 Å². The number of hydrogen-bond donors (Lipinski definition) is 1. The zero-order chi connectivity index (χ0) is 10.8. The van der Waals surface area contributed by atoms with Crippen LogP contribution in [0.5, 0.6) is 6.08 Å². The third-order valence-corrected chi connectivity index (χ3v) is 1.84. The lowest BCUT2D eigenvalue weighted by Crippen LogP contribution is -2.09. The molecule has 78 valence electrons. The molecule has 1 heterocycles. The first kappa shape index (κ1) is 9.51. The Labute approximate surface area is 85.3 Å². The molecule has 0 unspecified atom stereocenters. The first-order valence-corrected chi connectivity index (χ1v) is 4.37. The minimum absolute atomic E-state index is 0.0157. The summed E-state index contributed by atoms with van der Waals surface area (Å²) in [7, 11) is 0. The molecule has 0 bridgehead atoms. The van der Waals surface area contributed by atoms with E-state index in [1.807, 2.05) is 19.1 Å². The van der Waals surface area contributed by atoms with Crippen LogP contribution in [-0.2, 0) is 4.79 Å². The second-order valence-corrected chi connectivity index (χ2v) is 3.13. The molecule has 1 N–H and O–H groups in total. The molecule has 5 nitrogen and oxygen atoms in total. The summed E-state index contributed by atoms with van der Waals surface area (Å²) in [6.07, 6.45) is -0.0157. The number of aromatic nitrogens is 1. The van der Waals surface area contributed by atoms with Crippen LogP contribution in [0.15, 0.2) is 22.6 Å². The molecule has 0 amide bonds. The van der Waals surface area contributed by atoms with Crippen LogP contribution in [-0.4, -0.2) is 22.7 Å². The van der Waals surface area contributed by atoms with Gasteiger partial charge in [0.05, 0.1) is 0 Å². The van der Waals surface area contributed by atoms with Crippen molar-refractivity contribution in [1.29, 1.82) is 0 Å². The average Bonchev–Trinajstić information content (AvgIpc) is 2.56. The zero-order valence-electron chi connectivity index (χ0n) is 8.06. The molecular weight excluding hydrogens is 198 g/mol. The number of fused-ring (bicyclic) bond motifs is 1. The van der Waals surface area contributed by atoms with Gasteiger partial charge in [0.25, 0.3) is 0 Å². The van der Waals surface area contributed by atoms with Crippen LogP contribution in [0, 0.1) is 6.92 Å². The van der Waals surface area contributed by atoms with Gasteiger partial charge in [0, 0.05) is 0 Å². The Balaban J connectivity index is 2.27. The predicted molar refractivity (Wildman–Crippen MR) is 51.9 cm³/mol. The highest BCUT2D eigenvalue weighted by atomic mass is 16.6. The summed E-state index contributed by atoms with van der Waals surface area (Å²) in [5.74, 6) is -1.06. The van der Waals surface area contributed by atoms with Gasteiger partial charge in [-0.2, -0.15) is 4.98 Å². The maximum absolute atomic E-state index is 10.2. The number of oxazole rings is 1. The molecule has 1 aromatic carbocycles. The van der Waals surface area contributed by atoms with Crippen LogP contribution in [0.1, 0.15) is 5.56 Å². The standard InChI is InChI=1S/C10H9NO4/c1-6-2-3-8-7(4-6)11-10(15-8)14-5-9(12)13/h2-4H,5H2,1H3,(H,12,13). The van der Waals surface area contributed by atoms with Crippen molar-refractivity contribution >= 4 is 17.1 Å². The lowest BCUT2D eigenvalue weighted by atomic mass is 10.2. The van der Waals surface area contributed by atoms with Gasteiger partial charge >= 0.3 is 12.0 Å². The quantitative estimate of drug-likeness (QED) is 0.827. The molecular formula is C10H9NO4. The Kier molecular flexibility index (Phi) is 2.29. The summed E-state index contributed by atoms with van der Waals surface area (Å²) >= 11 is 0. The molecule has 0 atom stereocenters. The molecule has 15 heavy (non-hydrogen) atoms. The number of carboxylic acids is 1. The number of aliphatic carboxylic acids is 1. The Morgan fingerprint density at radius 1 is 1.60 bits per heavy atom. The maximum Gasteiger partial charge on any atom is 0.395 e. The highest BCUT2D eigenvalue weighted by molar-refractivity contribution is 5.74. The predicted octanol–water partition coefficient (Wildman–Crippen LogP) is 1.60. The molecule has 0 aliphatic heterocycles. The summed E-state index contributed by atoms with van der Waals surface area (Å²) in [4.78, 5) is 14.2. The fraction of sp³-hybridized carbons (Fsp3) is 0.200. The Hall–Kier alpha value is -2.04. The van der Waals surface area contributed by atoms with Crippen molar-refractivity contribution in [1.82, 2.24) is 4.98 Å². The summed E-state index contributed by atoms with van der Waals surface area (Å²) in [6.45, 7) is 1.48. The van der Waals surface area contributed by atoms with Crippen molar-refractivity contribution in [2.24, 2.45) is 0 Å². The topological polar surface area (TPSA) is 72.6 Å². The van der Waals surface area contributed by atoms with Crippen LogP contribution in [0.2, 0.25) is 0 Å². The fourth-order valence-electron chi connectivity index (χ4n) is 1.20. The number of nitrogens with zero attached hydrogens (tertiary/aromatic N) is 1. The van der Waals surface area contributed by atoms with Crippen molar-refractivity contribution in [3.8, 4) is 6.08 Å². The fourth-order valence-corrected chi connectivity index (χ4v) is 1.20. The van der Waals surface area contributed by atoms with E-state index in [9.17, 15) is 4.79 Å². The van der Waals surface area contributed by atoms with Gasteiger partial charge in [-0.25, -0.2) is 4.79 Å². The molecule has 2 aromatic rings. The van der Waals surface area contributed by atoms with Crippen molar-refractivity contribution < 1.29 is 19.1 Å². The Bertz CT molecular complexity index is 503. The monoisotopic (exact) mass is 207 g/mol. The van der Waals surface area contributed by atoms with Gasteiger partial charge < -0.3 is 14.3 Å². The number of aryl methyl sites for hydroxylation is 1. The molecule has 2 rings (SSSR count). The molecule has 1 aromatic heterocycles. The van der Waals surface area contributed by atoms with Gasteiger partial charge in [0.1, 0.15) is 5.52 Å². The Morgan fingerprint density at radius 2 is 2.40 bits per heavy atom. The summed E-state index contributed by atoms with van der Waals surface area (Å²) in [5, 5.41) is 8.40. The average molecular weight is 207 g/mol. The molecule has 0 saturated heterocycles. The van der Waals surface area contributed by atoms with Gasteiger partial charge in [-0.05, 0) is 24.6 Å². The number of benzene rings is 1. The minimum atomic E-state index is -1.06. The van der Waals surface area contributed by atoms with Crippen LogP contribution < -0.4 is 4.74 Å². The highest BCUT2D eigenvalue weighted by Crippen LogP contribution is 2.21. The van der Waals surface area contributed by atoms with Crippen LogP contribution >= 0.6 is 0 Å². The molecule has 0 radical (unpaired) electrons. The number of carbonyl (C=O) groups is 1. The molecule has 0 saturated carbocycles. The van der Waals surface area contributed by atoms with E-state index < -0.39 is 12.6 Å². The summed E-state index contributed by atoms with van der Waals surface area (Å²) < 4.78 is 9.99. The van der Waals surface area contributed by atoms with Gasteiger partial charge in [-0.3, -0.25) is 0 Å². The van der Waals surface area contributed by atoms with Crippen molar-refractivity contribution in [2.45, 2.75) is 6.92 Å². The lowest BCUT2D eigenvalue weighted by Gasteiger charge is -1.93. The third-order valence-electron chi connectivity index (χ3n) is 1.84. The normalized spacial score (nSPS) is 10.5. The number of rotatable bonds is 3. The largest absolute Gasteiger partial charge is 0.479 e. The van der Waals surface area contributed by atoms with E-state index in [2.05, 4.69) is 4.98 Å². The van der Waals surface area contributed by atoms with E-state index in [4.69, 9.17) is 14.3 Å². The second-order valence-electron chi connectivity index (χ2n) is 3.13. The first-order valence-electron chi connectivity index (χ1n) is 4.37. The number of carboxylic acid groups (broad SMARTS) is 1. The third kappa shape index (κ3) is 2.07. The second kappa shape index (κ2) is 3.61. The number of hydrogen-bond acceptors (Lipinski definition) is 4. The highest BCUT2D eigenvalue weighted by Gasteiger charge is 2.08. The van der Waals surface area contributed by atoms with Crippen molar-refractivity contribution in [2.75, 3.05) is 6.61 Å². The van der Waals surface area contributed by atoms with Gasteiger partial charge in [-0.15, -0.1) is 0 Å². The smallest absolute Gasteiger partial charge is 0.395 e. The molecule has 0 spiro atoms. The Morgan fingerprint density at radius 3 is 3.13 bits per heavy atom. The van der Waals surface area contributed by atoms with E-state index in [0.717, 1.165) is 5.56 Å². The van der Waals surface area contributed by atoms with Crippen LogP contribution in [0.25, 0.3) is 11.1 Å². The van der Waals surface area contributed by atoms with E-state index in [0.29, 0.717) is 11.1 Å². The van der Waals surface area contributed by atoms with Gasteiger partial charge in [0.2, 0.25) is 0 Å². The number of ether oxygens (including phenoxy) is 1. The first-order chi connectivity index (χ1) is 7.15. The van der Waals surface area contributed by atoms with Crippen molar-refractivity contribution in [3.63, 3.8) is 0 Å². The minimum Gasteiger partial charge on any atom is -0.479 e. The van der Waals surface area contributed by atoms with Gasteiger partial charge in [0.15, 0.2) is 12.2 Å².